The van der Waals surface area contributed by atoms with E-state index in [9.17, 15) is 0 Å². The van der Waals surface area contributed by atoms with Gasteiger partial charge in [-0.1, -0.05) is 0 Å². The summed E-state index contributed by atoms with van der Waals surface area (Å²) in [6.07, 6.45) is 2.68. The largest absolute Gasteiger partial charge is 0.381 e. The molecule has 1 aliphatic heterocycles. The number of methoxy groups -OCH3 is 1. The van der Waals surface area contributed by atoms with Gasteiger partial charge in [0.05, 0.1) is 5.69 Å². The summed E-state index contributed by atoms with van der Waals surface area (Å²) in [6, 6.07) is 0. The van der Waals surface area contributed by atoms with Gasteiger partial charge in [0.25, 0.3) is 0 Å². The van der Waals surface area contributed by atoms with Crippen LogP contribution in [-0.2, 0) is 21.5 Å². The summed E-state index contributed by atoms with van der Waals surface area (Å²) in [5, 5.41) is 1.09. The molecule has 2 N–H and O–H groups in total. The number of hydrogen-bond donors (Lipinski definition) is 1. The van der Waals surface area contributed by atoms with E-state index < -0.39 is 0 Å². The van der Waals surface area contributed by atoms with Crippen molar-refractivity contribution in [3.63, 3.8) is 0 Å². The fourth-order valence-electron chi connectivity index (χ4n) is 2.19. The van der Waals surface area contributed by atoms with Gasteiger partial charge >= 0.3 is 0 Å². The lowest BCUT2D eigenvalue weighted by molar-refractivity contribution is -0.0948. The molecule has 1 saturated heterocycles. The Bertz CT molecular complexity index is 373. The van der Waals surface area contributed by atoms with Crippen LogP contribution >= 0.6 is 11.3 Å². The second-order valence-electron chi connectivity index (χ2n) is 4.38. The molecular weight excluding hydrogens is 236 g/mol. The Kier molecular flexibility index (Phi) is 4.14. The Labute approximate surface area is 106 Å². The van der Waals surface area contributed by atoms with Gasteiger partial charge in [0.2, 0.25) is 0 Å². The van der Waals surface area contributed by atoms with Crippen molar-refractivity contribution in [3.8, 4) is 0 Å². The molecule has 0 spiro atoms. The van der Waals surface area contributed by atoms with Crippen LogP contribution in [0.5, 0.6) is 0 Å². The first kappa shape index (κ1) is 13.0. The molecule has 0 bridgehead atoms. The first-order valence-corrected chi connectivity index (χ1v) is 6.83. The second-order valence-corrected chi connectivity index (χ2v) is 5.46. The molecular formula is C12H20N2O2S. The molecule has 1 fully saturated rings. The van der Waals surface area contributed by atoms with Gasteiger partial charge in [-0.3, -0.25) is 0 Å². The van der Waals surface area contributed by atoms with Crippen LogP contribution in [0.4, 0.5) is 0 Å². The third-order valence-electron chi connectivity index (χ3n) is 3.35. The molecule has 17 heavy (non-hydrogen) atoms. The van der Waals surface area contributed by atoms with Gasteiger partial charge < -0.3 is 15.2 Å². The zero-order chi connectivity index (χ0) is 12.3. The predicted octanol–water partition coefficient (Wildman–Crippen LogP) is 1.60. The molecule has 0 aromatic carbocycles. The van der Waals surface area contributed by atoms with Crippen molar-refractivity contribution in [2.45, 2.75) is 31.8 Å². The molecule has 2 rings (SSSR count). The van der Waals surface area contributed by atoms with E-state index in [0.717, 1.165) is 43.2 Å². The lowest BCUT2D eigenvalue weighted by atomic mass is 9.95. The van der Waals surface area contributed by atoms with Crippen molar-refractivity contribution >= 4 is 11.3 Å². The maximum Gasteiger partial charge on any atom is 0.125 e. The highest BCUT2D eigenvalue weighted by Crippen LogP contribution is 2.38. The number of thiazole rings is 1. The predicted molar refractivity (Wildman–Crippen MR) is 68.3 cm³/mol. The van der Waals surface area contributed by atoms with E-state index in [0.29, 0.717) is 6.54 Å². The SMILES string of the molecule is COC1(c2nc(C)c(CCN)s2)CCOCC1. The molecule has 0 aliphatic carbocycles. The zero-order valence-electron chi connectivity index (χ0n) is 10.5. The van der Waals surface area contributed by atoms with Crippen LogP contribution in [0.2, 0.25) is 0 Å². The molecule has 0 unspecified atom stereocenters. The molecule has 0 atom stereocenters. The number of aromatic nitrogens is 1. The minimum atomic E-state index is -0.236. The van der Waals surface area contributed by atoms with E-state index in [-0.39, 0.29) is 5.60 Å². The van der Waals surface area contributed by atoms with Crippen LogP contribution < -0.4 is 5.73 Å². The van der Waals surface area contributed by atoms with E-state index in [1.54, 1.807) is 18.4 Å². The highest BCUT2D eigenvalue weighted by molar-refractivity contribution is 7.11. The number of aryl methyl sites for hydroxylation is 1. The van der Waals surface area contributed by atoms with Crippen LogP contribution in [0.15, 0.2) is 0 Å². The average molecular weight is 256 g/mol. The molecule has 1 aromatic heterocycles. The van der Waals surface area contributed by atoms with Gasteiger partial charge in [-0.2, -0.15) is 0 Å². The van der Waals surface area contributed by atoms with Gasteiger partial charge in [-0.05, 0) is 19.9 Å². The molecule has 1 aliphatic rings. The average Bonchev–Trinajstić information content (AvgIpc) is 2.73. The molecule has 0 radical (unpaired) electrons. The quantitative estimate of drug-likeness (QED) is 0.889. The number of ether oxygens (including phenoxy) is 2. The van der Waals surface area contributed by atoms with Crippen LogP contribution in [0.1, 0.15) is 28.4 Å². The number of nitrogens with two attached hydrogens (primary N) is 1. The third kappa shape index (κ3) is 2.52. The van der Waals surface area contributed by atoms with Crippen LogP contribution in [0.3, 0.4) is 0 Å². The van der Waals surface area contributed by atoms with E-state index >= 15 is 0 Å². The maximum absolute atomic E-state index is 5.75. The first-order chi connectivity index (χ1) is 8.22. The van der Waals surface area contributed by atoms with Crippen LogP contribution in [0, 0.1) is 6.92 Å². The lowest BCUT2D eigenvalue weighted by Gasteiger charge is -2.33. The summed E-state index contributed by atoms with van der Waals surface area (Å²) < 4.78 is 11.2. The van der Waals surface area contributed by atoms with Gasteiger partial charge in [0, 0.05) is 38.0 Å². The highest BCUT2D eigenvalue weighted by Gasteiger charge is 2.37. The Morgan fingerprint density at radius 3 is 2.76 bits per heavy atom. The lowest BCUT2D eigenvalue weighted by Crippen LogP contribution is -2.35. The van der Waals surface area contributed by atoms with Crippen LogP contribution in [-0.4, -0.2) is 31.9 Å². The van der Waals surface area contributed by atoms with Crippen molar-refractivity contribution in [2.24, 2.45) is 5.73 Å². The minimum absolute atomic E-state index is 0.236. The maximum atomic E-state index is 5.75. The van der Waals surface area contributed by atoms with E-state index in [1.165, 1.54) is 4.88 Å². The topological polar surface area (TPSA) is 57.4 Å². The van der Waals surface area contributed by atoms with E-state index in [4.69, 9.17) is 15.2 Å². The summed E-state index contributed by atoms with van der Waals surface area (Å²) in [6.45, 7) is 4.22. The van der Waals surface area contributed by atoms with Gasteiger partial charge in [0.15, 0.2) is 0 Å². The summed E-state index contributed by atoms with van der Waals surface area (Å²) in [5.41, 5.74) is 6.47. The minimum Gasteiger partial charge on any atom is -0.381 e. The Morgan fingerprint density at radius 2 is 2.18 bits per heavy atom. The third-order valence-corrected chi connectivity index (χ3v) is 4.75. The molecule has 0 saturated carbocycles. The van der Waals surface area contributed by atoms with E-state index in [1.807, 2.05) is 6.92 Å². The van der Waals surface area contributed by atoms with Gasteiger partial charge in [-0.15, -0.1) is 11.3 Å². The molecule has 5 heteroatoms. The number of hydrogen-bond acceptors (Lipinski definition) is 5. The fraction of sp³-hybridized carbons (Fsp3) is 0.750. The Balaban J connectivity index is 2.27. The number of nitrogens with zero attached hydrogens (tertiary/aromatic N) is 1. The van der Waals surface area contributed by atoms with E-state index in [2.05, 4.69) is 4.98 Å². The smallest absolute Gasteiger partial charge is 0.125 e. The summed E-state index contributed by atoms with van der Waals surface area (Å²) >= 11 is 1.74. The second kappa shape index (κ2) is 5.44. The van der Waals surface area contributed by atoms with Crippen molar-refractivity contribution in [3.05, 3.63) is 15.6 Å². The van der Waals surface area contributed by atoms with Gasteiger partial charge in [-0.25, -0.2) is 4.98 Å². The highest BCUT2D eigenvalue weighted by atomic mass is 32.1. The normalized spacial score (nSPS) is 19.5. The fourth-order valence-corrected chi connectivity index (χ4v) is 3.50. The Hall–Kier alpha value is -0.490. The van der Waals surface area contributed by atoms with Crippen molar-refractivity contribution < 1.29 is 9.47 Å². The van der Waals surface area contributed by atoms with Crippen LogP contribution in [0.25, 0.3) is 0 Å². The molecule has 0 amide bonds. The summed E-state index contributed by atoms with van der Waals surface area (Å²) in [5.74, 6) is 0. The summed E-state index contributed by atoms with van der Waals surface area (Å²) in [4.78, 5) is 5.96. The molecule has 4 nitrogen and oxygen atoms in total. The first-order valence-electron chi connectivity index (χ1n) is 6.01. The monoisotopic (exact) mass is 256 g/mol. The van der Waals surface area contributed by atoms with Crippen molar-refractivity contribution in [2.75, 3.05) is 26.9 Å². The molecule has 96 valence electrons. The Morgan fingerprint density at radius 1 is 1.47 bits per heavy atom. The zero-order valence-corrected chi connectivity index (χ0v) is 11.3. The van der Waals surface area contributed by atoms with Gasteiger partial charge in [0.1, 0.15) is 10.6 Å². The standard InChI is InChI=1S/C12H20N2O2S/c1-9-10(3-6-13)17-11(14-9)12(15-2)4-7-16-8-5-12/h3-8,13H2,1-2H3. The summed E-state index contributed by atoms with van der Waals surface area (Å²) in [7, 11) is 1.77. The molecule has 1 aromatic rings. The van der Waals surface area contributed by atoms with Crippen molar-refractivity contribution in [1.82, 2.24) is 4.98 Å². The number of rotatable bonds is 4. The van der Waals surface area contributed by atoms with Crippen molar-refractivity contribution in [1.29, 1.82) is 0 Å². The molecule has 2 heterocycles.